The Kier molecular flexibility index (Phi) is 5.31. The molecule has 0 aliphatic rings. The quantitative estimate of drug-likeness (QED) is 0.820. The molecule has 0 aromatic carbocycles. The molecule has 2 aromatic rings. The van der Waals surface area contributed by atoms with Crippen LogP contribution in [-0.2, 0) is 24.7 Å². The highest BCUT2D eigenvalue weighted by atomic mass is 16.2. The number of hydrogen-bond acceptors (Lipinski definition) is 3. The summed E-state index contributed by atoms with van der Waals surface area (Å²) in [6, 6.07) is 3.99. The summed E-state index contributed by atoms with van der Waals surface area (Å²) in [6.45, 7) is 7.45. The lowest BCUT2D eigenvalue weighted by molar-refractivity contribution is -0.130. The van der Waals surface area contributed by atoms with Crippen LogP contribution in [-0.4, -0.2) is 38.7 Å². The highest BCUT2D eigenvalue weighted by Crippen LogP contribution is 2.14. The zero-order valence-electron chi connectivity index (χ0n) is 13.8. The van der Waals surface area contributed by atoms with Gasteiger partial charge in [0.25, 0.3) is 0 Å². The molecule has 5 nitrogen and oxygen atoms in total. The minimum atomic E-state index is 0.163. The lowest BCUT2D eigenvalue weighted by atomic mass is 10.1. The summed E-state index contributed by atoms with van der Waals surface area (Å²) >= 11 is 0. The summed E-state index contributed by atoms with van der Waals surface area (Å²) in [4.78, 5) is 18.5. The SMILES string of the molecule is CCN(CCc1ccncc1)C(=O)Cc1c(C)nn(C)c1C. The van der Waals surface area contributed by atoms with Gasteiger partial charge in [-0.25, -0.2) is 0 Å². The molecule has 2 rings (SSSR count). The maximum atomic E-state index is 12.6. The van der Waals surface area contributed by atoms with Crippen LogP contribution in [0.3, 0.4) is 0 Å². The molecule has 0 saturated heterocycles. The van der Waals surface area contributed by atoms with Gasteiger partial charge in [0.05, 0.1) is 12.1 Å². The predicted octanol–water partition coefficient (Wildman–Crippen LogP) is 2.07. The summed E-state index contributed by atoms with van der Waals surface area (Å²) in [5.41, 5.74) is 4.26. The van der Waals surface area contributed by atoms with E-state index < -0.39 is 0 Å². The third-order valence-electron chi connectivity index (χ3n) is 4.14. The van der Waals surface area contributed by atoms with Crippen molar-refractivity contribution in [3.8, 4) is 0 Å². The molecule has 1 amide bonds. The number of rotatable bonds is 6. The van der Waals surface area contributed by atoms with E-state index in [4.69, 9.17) is 0 Å². The molecule has 0 unspecified atom stereocenters. The molecule has 0 bridgehead atoms. The van der Waals surface area contributed by atoms with Crippen molar-refractivity contribution in [3.05, 3.63) is 47.0 Å². The van der Waals surface area contributed by atoms with Crippen LogP contribution in [0.25, 0.3) is 0 Å². The van der Waals surface area contributed by atoms with Crippen molar-refractivity contribution >= 4 is 5.91 Å². The molecule has 0 saturated carbocycles. The Morgan fingerprint density at radius 1 is 1.27 bits per heavy atom. The second-order valence-electron chi connectivity index (χ2n) is 5.53. The van der Waals surface area contributed by atoms with Gasteiger partial charge in [-0.05, 0) is 44.9 Å². The molecule has 0 atom stereocenters. The topological polar surface area (TPSA) is 51.0 Å². The fourth-order valence-corrected chi connectivity index (χ4v) is 2.61. The molecule has 0 radical (unpaired) electrons. The molecule has 0 aliphatic carbocycles. The number of nitrogens with zero attached hydrogens (tertiary/aromatic N) is 4. The fourth-order valence-electron chi connectivity index (χ4n) is 2.61. The summed E-state index contributed by atoms with van der Waals surface area (Å²) in [5, 5.41) is 4.38. The summed E-state index contributed by atoms with van der Waals surface area (Å²) in [7, 11) is 1.91. The maximum absolute atomic E-state index is 12.6. The Morgan fingerprint density at radius 2 is 1.95 bits per heavy atom. The van der Waals surface area contributed by atoms with Crippen molar-refractivity contribution in [2.75, 3.05) is 13.1 Å². The summed E-state index contributed by atoms with van der Waals surface area (Å²) in [6.07, 6.45) is 4.86. The van der Waals surface area contributed by atoms with E-state index in [-0.39, 0.29) is 5.91 Å². The average molecular weight is 300 g/mol. The molecule has 0 fully saturated rings. The van der Waals surface area contributed by atoms with E-state index in [1.54, 1.807) is 12.4 Å². The number of carbonyl (C=O) groups excluding carboxylic acids is 1. The molecular formula is C17H24N4O. The molecule has 118 valence electrons. The number of hydrogen-bond donors (Lipinski definition) is 0. The lowest BCUT2D eigenvalue weighted by Gasteiger charge is -2.21. The Bertz CT molecular complexity index is 634. The normalized spacial score (nSPS) is 10.7. The van der Waals surface area contributed by atoms with Crippen LogP contribution >= 0.6 is 0 Å². The van der Waals surface area contributed by atoms with Crippen molar-refractivity contribution in [2.24, 2.45) is 7.05 Å². The third-order valence-corrected chi connectivity index (χ3v) is 4.14. The fraction of sp³-hybridized carbons (Fsp3) is 0.471. The van der Waals surface area contributed by atoms with Gasteiger partial charge >= 0.3 is 0 Å². The van der Waals surface area contributed by atoms with Gasteiger partial charge in [0, 0.05) is 43.8 Å². The Balaban J connectivity index is 2.00. The van der Waals surface area contributed by atoms with Crippen LogP contribution in [0.4, 0.5) is 0 Å². The van der Waals surface area contributed by atoms with Crippen molar-refractivity contribution in [1.29, 1.82) is 0 Å². The summed E-state index contributed by atoms with van der Waals surface area (Å²) < 4.78 is 1.84. The van der Waals surface area contributed by atoms with Gasteiger partial charge < -0.3 is 4.90 Å². The highest BCUT2D eigenvalue weighted by Gasteiger charge is 2.17. The molecule has 2 aromatic heterocycles. The standard InChI is InChI=1S/C17H24N4O/c1-5-21(11-8-15-6-9-18-10-7-15)17(22)12-16-13(2)19-20(4)14(16)3/h6-7,9-10H,5,8,11-12H2,1-4H3. The summed E-state index contributed by atoms with van der Waals surface area (Å²) in [5.74, 6) is 0.163. The lowest BCUT2D eigenvalue weighted by Crippen LogP contribution is -2.34. The van der Waals surface area contributed by atoms with Crippen LogP contribution < -0.4 is 0 Å². The van der Waals surface area contributed by atoms with E-state index in [2.05, 4.69) is 10.1 Å². The van der Waals surface area contributed by atoms with Gasteiger partial charge in [0.2, 0.25) is 5.91 Å². The van der Waals surface area contributed by atoms with Crippen LogP contribution in [0.1, 0.15) is 29.4 Å². The second kappa shape index (κ2) is 7.20. The van der Waals surface area contributed by atoms with E-state index in [0.29, 0.717) is 6.42 Å². The van der Waals surface area contributed by atoms with Gasteiger partial charge in [-0.3, -0.25) is 14.5 Å². The smallest absolute Gasteiger partial charge is 0.227 e. The molecule has 2 heterocycles. The molecule has 22 heavy (non-hydrogen) atoms. The van der Waals surface area contributed by atoms with Gasteiger partial charge in [0.1, 0.15) is 0 Å². The number of pyridine rings is 1. The van der Waals surface area contributed by atoms with E-state index in [1.807, 2.05) is 49.5 Å². The minimum Gasteiger partial charge on any atom is -0.342 e. The largest absolute Gasteiger partial charge is 0.342 e. The zero-order valence-corrected chi connectivity index (χ0v) is 13.8. The molecule has 0 N–H and O–H groups in total. The third kappa shape index (κ3) is 3.72. The monoisotopic (exact) mass is 300 g/mol. The first-order chi connectivity index (χ1) is 10.5. The van der Waals surface area contributed by atoms with Crippen molar-refractivity contribution in [2.45, 2.75) is 33.6 Å². The predicted molar refractivity (Wildman–Crippen MR) is 86.6 cm³/mol. The number of likely N-dealkylation sites (N-methyl/N-ethyl adjacent to an activating group) is 1. The molecular weight excluding hydrogens is 276 g/mol. The molecule has 0 aliphatic heterocycles. The first kappa shape index (κ1) is 16.2. The number of amides is 1. The number of carbonyl (C=O) groups is 1. The van der Waals surface area contributed by atoms with Gasteiger partial charge in [0.15, 0.2) is 0 Å². The second-order valence-corrected chi connectivity index (χ2v) is 5.53. The van der Waals surface area contributed by atoms with E-state index in [9.17, 15) is 4.79 Å². The average Bonchev–Trinajstić information content (AvgIpc) is 2.75. The van der Waals surface area contributed by atoms with Crippen LogP contribution in [0.2, 0.25) is 0 Å². The molecule has 5 heteroatoms. The van der Waals surface area contributed by atoms with E-state index in [0.717, 1.165) is 36.5 Å². The Labute approximate surface area is 132 Å². The van der Waals surface area contributed by atoms with Crippen LogP contribution in [0.15, 0.2) is 24.5 Å². The van der Waals surface area contributed by atoms with Crippen LogP contribution in [0.5, 0.6) is 0 Å². The van der Waals surface area contributed by atoms with Crippen molar-refractivity contribution < 1.29 is 4.79 Å². The Morgan fingerprint density at radius 3 is 2.50 bits per heavy atom. The first-order valence-electron chi connectivity index (χ1n) is 7.68. The van der Waals surface area contributed by atoms with Gasteiger partial charge in [-0.2, -0.15) is 5.10 Å². The first-order valence-corrected chi connectivity index (χ1v) is 7.68. The number of aromatic nitrogens is 3. The zero-order chi connectivity index (χ0) is 16.1. The van der Waals surface area contributed by atoms with E-state index in [1.165, 1.54) is 5.56 Å². The maximum Gasteiger partial charge on any atom is 0.227 e. The van der Waals surface area contributed by atoms with Crippen LogP contribution in [0, 0.1) is 13.8 Å². The van der Waals surface area contributed by atoms with Gasteiger partial charge in [-0.15, -0.1) is 0 Å². The highest BCUT2D eigenvalue weighted by molar-refractivity contribution is 5.79. The minimum absolute atomic E-state index is 0.163. The molecule has 0 spiro atoms. The van der Waals surface area contributed by atoms with Gasteiger partial charge in [-0.1, -0.05) is 0 Å². The van der Waals surface area contributed by atoms with Crippen molar-refractivity contribution in [3.63, 3.8) is 0 Å². The Hall–Kier alpha value is -2.17. The van der Waals surface area contributed by atoms with E-state index >= 15 is 0 Å². The van der Waals surface area contributed by atoms with Crippen molar-refractivity contribution in [1.82, 2.24) is 19.7 Å². The number of aryl methyl sites for hydroxylation is 2.